The fourth-order valence-corrected chi connectivity index (χ4v) is 3.06. The molecule has 3 rings (SSSR count). The van der Waals surface area contributed by atoms with E-state index in [0.29, 0.717) is 12.2 Å². The van der Waals surface area contributed by atoms with Crippen LogP contribution in [0.1, 0.15) is 19.8 Å². The normalized spacial score (nSPS) is 19.0. The Morgan fingerprint density at radius 2 is 1.88 bits per heavy atom. The maximum Gasteiger partial charge on any atom is 0.319 e. The van der Waals surface area contributed by atoms with Crippen molar-refractivity contribution in [3.05, 3.63) is 36.7 Å². The van der Waals surface area contributed by atoms with Crippen molar-refractivity contribution in [2.75, 3.05) is 18.4 Å². The Kier molecular flexibility index (Phi) is 5.47. The van der Waals surface area contributed by atoms with Gasteiger partial charge in [-0.3, -0.25) is 9.69 Å². The largest absolute Gasteiger partial charge is 0.480 e. The third-order valence-corrected chi connectivity index (χ3v) is 4.48. The highest BCUT2D eigenvalue weighted by atomic mass is 16.4. The van der Waals surface area contributed by atoms with Crippen LogP contribution in [0.4, 0.5) is 10.5 Å². The second kappa shape index (κ2) is 7.96. The van der Waals surface area contributed by atoms with Crippen LogP contribution in [0.25, 0.3) is 5.69 Å². The lowest BCUT2D eigenvalue weighted by molar-refractivity contribution is -0.139. The number of carboxylic acids is 1. The van der Waals surface area contributed by atoms with E-state index in [-0.39, 0.29) is 24.7 Å². The predicted octanol–water partition coefficient (Wildman–Crippen LogP) is 1.33. The molecule has 3 N–H and O–H groups in total. The molecule has 0 saturated heterocycles. The van der Waals surface area contributed by atoms with Crippen LogP contribution in [-0.4, -0.2) is 62.2 Å². The summed E-state index contributed by atoms with van der Waals surface area (Å²) < 4.78 is 0. The zero-order valence-electron chi connectivity index (χ0n) is 14.5. The molecule has 1 aliphatic carbocycles. The first-order valence-electron chi connectivity index (χ1n) is 8.55. The molecule has 1 fully saturated rings. The standard InChI is InChI=1S/C17H22N6O3/c1-2-22(11-16(24)25)15-9-13(10-15)21-17(26)20-12-3-5-14(6-4-12)23-18-7-8-19-23/h3-8,13,15H,2,9-11H2,1H3,(H,24,25)(H2,20,21,26). The molecule has 138 valence electrons. The van der Waals surface area contributed by atoms with E-state index in [0.717, 1.165) is 18.5 Å². The highest BCUT2D eigenvalue weighted by Crippen LogP contribution is 2.25. The summed E-state index contributed by atoms with van der Waals surface area (Å²) in [7, 11) is 0. The molecule has 1 saturated carbocycles. The summed E-state index contributed by atoms with van der Waals surface area (Å²) in [6.45, 7) is 2.67. The van der Waals surface area contributed by atoms with Crippen LogP contribution >= 0.6 is 0 Å². The molecular formula is C17H22N6O3. The van der Waals surface area contributed by atoms with Crippen LogP contribution in [0.3, 0.4) is 0 Å². The summed E-state index contributed by atoms with van der Waals surface area (Å²) in [5, 5.41) is 22.7. The number of benzene rings is 1. The van der Waals surface area contributed by atoms with Crippen molar-refractivity contribution in [2.24, 2.45) is 0 Å². The minimum atomic E-state index is -0.824. The van der Waals surface area contributed by atoms with Crippen LogP contribution in [0.15, 0.2) is 36.7 Å². The summed E-state index contributed by atoms with van der Waals surface area (Å²) in [5.74, 6) is -0.824. The number of anilines is 1. The van der Waals surface area contributed by atoms with Crippen molar-refractivity contribution in [1.82, 2.24) is 25.2 Å². The number of likely N-dealkylation sites (N-methyl/N-ethyl adjacent to an activating group) is 1. The van der Waals surface area contributed by atoms with Gasteiger partial charge in [-0.25, -0.2) is 4.79 Å². The zero-order chi connectivity index (χ0) is 18.5. The Balaban J connectivity index is 1.44. The smallest absolute Gasteiger partial charge is 0.319 e. The van der Waals surface area contributed by atoms with Crippen molar-refractivity contribution < 1.29 is 14.7 Å². The maximum atomic E-state index is 12.1. The van der Waals surface area contributed by atoms with Gasteiger partial charge in [0.1, 0.15) is 0 Å². The van der Waals surface area contributed by atoms with Gasteiger partial charge in [0.15, 0.2) is 0 Å². The molecule has 9 nitrogen and oxygen atoms in total. The fraction of sp³-hybridized carbons (Fsp3) is 0.412. The first kappa shape index (κ1) is 17.9. The van der Waals surface area contributed by atoms with Crippen LogP contribution in [0.5, 0.6) is 0 Å². The highest BCUT2D eigenvalue weighted by Gasteiger charge is 2.34. The Bertz CT molecular complexity index is 740. The van der Waals surface area contributed by atoms with Gasteiger partial charge < -0.3 is 15.7 Å². The average molecular weight is 358 g/mol. The van der Waals surface area contributed by atoms with E-state index < -0.39 is 5.97 Å². The van der Waals surface area contributed by atoms with E-state index >= 15 is 0 Å². The molecule has 1 aliphatic rings. The quantitative estimate of drug-likeness (QED) is 0.688. The maximum absolute atomic E-state index is 12.1. The van der Waals surface area contributed by atoms with Crippen LogP contribution in [0.2, 0.25) is 0 Å². The van der Waals surface area contributed by atoms with E-state index in [9.17, 15) is 9.59 Å². The third-order valence-electron chi connectivity index (χ3n) is 4.48. The minimum Gasteiger partial charge on any atom is -0.480 e. The van der Waals surface area contributed by atoms with Crippen molar-refractivity contribution in [3.8, 4) is 5.69 Å². The van der Waals surface area contributed by atoms with Gasteiger partial charge in [0.05, 0.1) is 24.6 Å². The second-order valence-corrected chi connectivity index (χ2v) is 6.24. The molecular weight excluding hydrogens is 336 g/mol. The number of hydrogen-bond acceptors (Lipinski definition) is 5. The molecule has 1 aromatic carbocycles. The van der Waals surface area contributed by atoms with Gasteiger partial charge in [-0.2, -0.15) is 15.0 Å². The highest BCUT2D eigenvalue weighted by molar-refractivity contribution is 5.89. The number of nitrogens with zero attached hydrogens (tertiary/aromatic N) is 4. The van der Waals surface area contributed by atoms with Gasteiger partial charge in [-0.05, 0) is 43.7 Å². The first-order valence-corrected chi connectivity index (χ1v) is 8.55. The topological polar surface area (TPSA) is 112 Å². The van der Waals surface area contributed by atoms with Gasteiger partial charge in [0.25, 0.3) is 0 Å². The minimum absolute atomic E-state index is 0.0392. The van der Waals surface area contributed by atoms with E-state index in [1.54, 1.807) is 24.5 Å². The lowest BCUT2D eigenvalue weighted by Crippen LogP contribution is -2.55. The Labute approximate surface area is 151 Å². The number of urea groups is 1. The van der Waals surface area contributed by atoms with Gasteiger partial charge >= 0.3 is 12.0 Å². The number of rotatable bonds is 7. The molecule has 0 aliphatic heterocycles. The number of aromatic nitrogens is 3. The number of carbonyl (C=O) groups is 2. The van der Waals surface area contributed by atoms with Crippen molar-refractivity contribution in [2.45, 2.75) is 31.8 Å². The number of hydrogen-bond donors (Lipinski definition) is 3. The SMILES string of the molecule is CCN(CC(=O)O)C1CC(NC(=O)Nc2ccc(-n3nccn3)cc2)C1. The summed E-state index contributed by atoms with van der Waals surface area (Å²) in [6, 6.07) is 7.22. The van der Waals surface area contributed by atoms with E-state index in [4.69, 9.17) is 5.11 Å². The monoisotopic (exact) mass is 358 g/mol. The molecule has 9 heteroatoms. The molecule has 1 aromatic heterocycles. The van der Waals surface area contributed by atoms with Crippen LogP contribution in [-0.2, 0) is 4.79 Å². The Hall–Kier alpha value is -2.94. The predicted molar refractivity (Wildman–Crippen MR) is 95.2 cm³/mol. The lowest BCUT2D eigenvalue weighted by atomic mass is 9.85. The van der Waals surface area contributed by atoms with Crippen molar-refractivity contribution in [3.63, 3.8) is 0 Å². The lowest BCUT2D eigenvalue weighted by Gasteiger charge is -2.42. The first-order chi connectivity index (χ1) is 12.5. The number of amides is 2. The summed E-state index contributed by atoms with van der Waals surface area (Å²) >= 11 is 0. The fourth-order valence-electron chi connectivity index (χ4n) is 3.06. The molecule has 0 unspecified atom stereocenters. The molecule has 2 aromatic rings. The molecule has 2 amide bonds. The summed E-state index contributed by atoms with van der Waals surface area (Å²) in [6.07, 6.45) is 4.72. The number of carboxylic acid groups (broad SMARTS) is 1. The molecule has 0 bridgehead atoms. The molecule has 1 heterocycles. The van der Waals surface area contributed by atoms with Crippen molar-refractivity contribution >= 4 is 17.7 Å². The van der Waals surface area contributed by atoms with Gasteiger partial charge in [0.2, 0.25) is 0 Å². The third kappa shape index (κ3) is 4.37. The van der Waals surface area contributed by atoms with Crippen LogP contribution in [0, 0.1) is 0 Å². The summed E-state index contributed by atoms with van der Waals surface area (Å²) in [5.41, 5.74) is 1.48. The van der Waals surface area contributed by atoms with Crippen molar-refractivity contribution in [1.29, 1.82) is 0 Å². The van der Waals surface area contributed by atoms with E-state index in [1.807, 2.05) is 24.0 Å². The second-order valence-electron chi connectivity index (χ2n) is 6.24. The number of carbonyl (C=O) groups excluding carboxylic acids is 1. The van der Waals surface area contributed by atoms with E-state index in [1.165, 1.54) is 4.80 Å². The number of nitrogens with one attached hydrogen (secondary N) is 2. The molecule has 0 atom stereocenters. The van der Waals surface area contributed by atoms with Gasteiger partial charge in [-0.1, -0.05) is 6.92 Å². The summed E-state index contributed by atoms with van der Waals surface area (Å²) in [4.78, 5) is 26.3. The van der Waals surface area contributed by atoms with E-state index in [2.05, 4.69) is 20.8 Å². The van der Waals surface area contributed by atoms with Crippen LogP contribution < -0.4 is 10.6 Å². The van der Waals surface area contributed by atoms with Gasteiger partial charge in [0, 0.05) is 17.8 Å². The molecule has 26 heavy (non-hydrogen) atoms. The van der Waals surface area contributed by atoms with Gasteiger partial charge in [-0.15, -0.1) is 0 Å². The Morgan fingerprint density at radius 1 is 1.23 bits per heavy atom. The number of aliphatic carboxylic acids is 1. The average Bonchev–Trinajstić information content (AvgIpc) is 3.11. The zero-order valence-corrected chi connectivity index (χ0v) is 14.5. The molecule has 0 radical (unpaired) electrons. The Morgan fingerprint density at radius 3 is 2.46 bits per heavy atom. The molecule has 0 spiro atoms.